The maximum atomic E-state index is 12.0. The molecule has 2 N–H and O–H groups in total. The van der Waals surface area contributed by atoms with Crippen LogP contribution in [-0.2, 0) is 4.79 Å². The number of aromatic nitrogens is 2. The molecular formula is C16H18N4O4S3. The van der Waals surface area contributed by atoms with E-state index in [9.17, 15) is 9.59 Å². The van der Waals surface area contributed by atoms with E-state index in [1.54, 1.807) is 30.0 Å². The second kappa shape index (κ2) is 9.81. The number of benzene rings is 1. The van der Waals surface area contributed by atoms with Gasteiger partial charge < -0.3 is 14.8 Å². The highest BCUT2D eigenvalue weighted by Gasteiger charge is 2.14. The van der Waals surface area contributed by atoms with Gasteiger partial charge in [0.05, 0.1) is 19.0 Å². The minimum Gasteiger partial charge on any atom is -0.490 e. The van der Waals surface area contributed by atoms with Gasteiger partial charge in [0.2, 0.25) is 5.91 Å². The van der Waals surface area contributed by atoms with Gasteiger partial charge in [0.1, 0.15) is 0 Å². The summed E-state index contributed by atoms with van der Waals surface area (Å²) in [6.45, 7) is 3.19. The van der Waals surface area contributed by atoms with Crippen LogP contribution in [-0.4, -0.2) is 46.9 Å². The molecule has 1 aromatic carbocycles. The Morgan fingerprint density at radius 2 is 1.89 bits per heavy atom. The van der Waals surface area contributed by atoms with Gasteiger partial charge in [-0.15, -0.1) is 10.2 Å². The van der Waals surface area contributed by atoms with Gasteiger partial charge in [-0.05, 0) is 17.9 Å². The van der Waals surface area contributed by atoms with Crippen molar-refractivity contribution in [2.24, 2.45) is 0 Å². The van der Waals surface area contributed by atoms with Crippen LogP contribution in [0.5, 0.6) is 11.5 Å². The van der Waals surface area contributed by atoms with Crippen molar-refractivity contribution in [1.29, 1.82) is 0 Å². The number of carbonyl (C=O) groups is 2. The average Bonchev–Trinajstić information content (AvgIpc) is 2.95. The zero-order valence-corrected chi connectivity index (χ0v) is 17.0. The lowest BCUT2D eigenvalue weighted by Gasteiger charge is -2.10. The standard InChI is InChI=1S/C16H18N4O4S3/c1-2-25-15-19-20-16(27-15)26-9-13(21)18-14(22)17-10-4-5-11-12(8-10)24-7-3-6-23-11/h4-5,8H,2-3,6-7,9H2,1H3,(H2,17,18,21,22). The summed E-state index contributed by atoms with van der Waals surface area (Å²) >= 11 is 4.28. The summed E-state index contributed by atoms with van der Waals surface area (Å²) in [5, 5.41) is 12.9. The molecule has 0 radical (unpaired) electrons. The highest BCUT2D eigenvalue weighted by molar-refractivity contribution is 8.03. The van der Waals surface area contributed by atoms with Gasteiger partial charge in [0.15, 0.2) is 20.2 Å². The van der Waals surface area contributed by atoms with Gasteiger partial charge in [-0.1, -0.05) is 41.8 Å². The van der Waals surface area contributed by atoms with E-state index in [4.69, 9.17) is 9.47 Å². The number of carbonyl (C=O) groups excluding carboxylic acids is 2. The number of urea groups is 1. The molecule has 1 aromatic heterocycles. The zero-order valence-electron chi connectivity index (χ0n) is 14.5. The van der Waals surface area contributed by atoms with Crippen LogP contribution >= 0.6 is 34.9 Å². The van der Waals surface area contributed by atoms with E-state index in [0.29, 0.717) is 34.7 Å². The summed E-state index contributed by atoms with van der Waals surface area (Å²) in [5.74, 6) is 1.80. The van der Waals surface area contributed by atoms with Crippen LogP contribution in [0, 0.1) is 0 Å². The minimum absolute atomic E-state index is 0.0833. The van der Waals surface area contributed by atoms with Crippen molar-refractivity contribution >= 4 is 52.5 Å². The molecule has 144 valence electrons. The number of amides is 3. The predicted octanol–water partition coefficient (Wildman–Crippen LogP) is 3.25. The van der Waals surface area contributed by atoms with E-state index in [1.165, 1.54) is 23.1 Å². The number of imide groups is 1. The molecule has 2 heterocycles. The highest BCUT2D eigenvalue weighted by Crippen LogP contribution is 2.32. The SMILES string of the molecule is CCSc1nnc(SCC(=O)NC(=O)Nc2ccc3c(c2)OCCCO3)s1. The molecule has 11 heteroatoms. The largest absolute Gasteiger partial charge is 0.490 e. The molecule has 0 aliphatic carbocycles. The molecular weight excluding hydrogens is 408 g/mol. The van der Waals surface area contributed by atoms with Crippen molar-refractivity contribution in [1.82, 2.24) is 15.5 Å². The fraction of sp³-hybridized carbons (Fsp3) is 0.375. The van der Waals surface area contributed by atoms with Gasteiger partial charge in [-0.25, -0.2) is 4.79 Å². The Bertz CT molecular complexity index is 815. The predicted molar refractivity (Wildman–Crippen MR) is 106 cm³/mol. The molecule has 0 fully saturated rings. The van der Waals surface area contributed by atoms with Crippen LogP contribution in [0.25, 0.3) is 0 Å². The molecule has 1 aliphatic heterocycles. The number of hydrogen-bond acceptors (Lipinski definition) is 9. The minimum atomic E-state index is -0.602. The Hall–Kier alpha value is -1.98. The van der Waals surface area contributed by atoms with Crippen LogP contribution in [0.1, 0.15) is 13.3 Å². The van der Waals surface area contributed by atoms with Gasteiger partial charge in [0, 0.05) is 18.2 Å². The van der Waals surface area contributed by atoms with Gasteiger partial charge >= 0.3 is 6.03 Å². The lowest BCUT2D eigenvalue weighted by atomic mass is 10.3. The Kier molecular flexibility index (Phi) is 7.18. The van der Waals surface area contributed by atoms with Gasteiger partial charge in [0.25, 0.3) is 0 Å². The molecule has 3 rings (SSSR count). The number of hydrogen-bond donors (Lipinski definition) is 2. The van der Waals surface area contributed by atoms with Crippen LogP contribution in [0.3, 0.4) is 0 Å². The van der Waals surface area contributed by atoms with E-state index in [0.717, 1.165) is 16.5 Å². The first-order valence-electron chi connectivity index (χ1n) is 8.23. The lowest BCUT2D eigenvalue weighted by Crippen LogP contribution is -2.35. The number of fused-ring (bicyclic) bond motifs is 1. The molecule has 27 heavy (non-hydrogen) atoms. The topological polar surface area (TPSA) is 102 Å². The summed E-state index contributed by atoms with van der Waals surface area (Å²) in [6.07, 6.45) is 0.803. The molecule has 0 saturated heterocycles. The highest BCUT2D eigenvalue weighted by atomic mass is 32.2. The number of rotatable bonds is 6. The van der Waals surface area contributed by atoms with E-state index >= 15 is 0 Å². The summed E-state index contributed by atoms with van der Waals surface area (Å²) < 4.78 is 12.7. The molecule has 2 aromatic rings. The molecule has 0 atom stereocenters. The first-order chi connectivity index (χ1) is 13.1. The Labute approximate surface area is 168 Å². The maximum Gasteiger partial charge on any atom is 0.325 e. The normalized spacial score (nSPS) is 12.9. The smallest absolute Gasteiger partial charge is 0.325 e. The number of thioether (sulfide) groups is 2. The Morgan fingerprint density at radius 1 is 1.15 bits per heavy atom. The zero-order chi connectivity index (χ0) is 19.1. The van der Waals surface area contributed by atoms with E-state index < -0.39 is 11.9 Å². The van der Waals surface area contributed by atoms with E-state index in [2.05, 4.69) is 20.8 Å². The van der Waals surface area contributed by atoms with E-state index in [-0.39, 0.29) is 5.75 Å². The molecule has 3 amide bonds. The monoisotopic (exact) mass is 426 g/mol. The summed E-state index contributed by atoms with van der Waals surface area (Å²) in [6, 6.07) is 4.50. The molecule has 1 aliphatic rings. The maximum absolute atomic E-state index is 12.0. The van der Waals surface area contributed by atoms with Crippen molar-refractivity contribution in [2.75, 3.05) is 30.0 Å². The van der Waals surface area contributed by atoms with Crippen molar-refractivity contribution in [3.05, 3.63) is 18.2 Å². The quantitative estimate of drug-likeness (QED) is 0.679. The van der Waals surface area contributed by atoms with Crippen molar-refractivity contribution in [2.45, 2.75) is 22.0 Å². The molecule has 0 bridgehead atoms. The summed E-state index contributed by atoms with van der Waals surface area (Å²) in [5.41, 5.74) is 0.516. The second-order valence-electron chi connectivity index (χ2n) is 5.27. The van der Waals surface area contributed by atoms with Crippen LogP contribution in [0.15, 0.2) is 26.9 Å². The van der Waals surface area contributed by atoms with Gasteiger partial charge in [-0.2, -0.15) is 0 Å². The van der Waals surface area contributed by atoms with E-state index in [1.807, 2.05) is 6.92 Å². The first-order valence-corrected chi connectivity index (χ1v) is 11.0. The fourth-order valence-electron chi connectivity index (χ4n) is 2.13. The Morgan fingerprint density at radius 3 is 2.67 bits per heavy atom. The number of nitrogens with one attached hydrogen (secondary N) is 2. The van der Waals surface area contributed by atoms with Crippen molar-refractivity contribution < 1.29 is 19.1 Å². The average molecular weight is 427 g/mol. The van der Waals surface area contributed by atoms with Crippen molar-refractivity contribution in [3.63, 3.8) is 0 Å². The number of anilines is 1. The molecule has 0 saturated carbocycles. The summed E-state index contributed by atoms with van der Waals surface area (Å²) in [4.78, 5) is 23.9. The first kappa shape index (κ1) is 19.8. The Balaban J connectivity index is 1.47. The van der Waals surface area contributed by atoms with Crippen LogP contribution < -0.4 is 20.1 Å². The third-order valence-corrected chi connectivity index (χ3v) is 6.31. The third-order valence-electron chi connectivity index (χ3n) is 3.24. The molecule has 8 nitrogen and oxygen atoms in total. The molecule has 0 unspecified atom stereocenters. The lowest BCUT2D eigenvalue weighted by molar-refractivity contribution is -0.117. The number of ether oxygens (including phenoxy) is 2. The second-order valence-corrected chi connectivity index (χ2v) is 8.98. The van der Waals surface area contributed by atoms with Crippen molar-refractivity contribution in [3.8, 4) is 11.5 Å². The van der Waals surface area contributed by atoms with Crippen LogP contribution in [0.2, 0.25) is 0 Å². The summed E-state index contributed by atoms with van der Waals surface area (Å²) in [7, 11) is 0. The third kappa shape index (κ3) is 6.01. The fourth-order valence-corrected chi connectivity index (χ4v) is 4.85. The van der Waals surface area contributed by atoms with Crippen LogP contribution in [0.4, 0.5) is 10.5 Å². The van der Waals surface area contributed by atoms with Gasteiger partial charge in [-0.3, -0.25) is 10.1 Å². The number of nitrogens with zero attached hydrogens (tertiary/aromatic N) is 2. The molecule has 0 spiro atoms.